The van der Waals surface area contributed by atoms with Gasteiger partial charge in [0, 0.05) is 35.7 Å². The van der Waals surface area contributed by atoms with Crippen LogP contribution in [0.4, 0.5) is 11.4 Å². The molecular weight excluding hydrogens is 761 g/mol. The van der Waals surface area contributed by atoms with Crippen molar-refractivity contribution < 1.29 is 29.2 Å². The van der Waals surface area contributed by atoms with Crippen molar-refractivity contribution in [2.75, 3.05) is 26.4 Å². The lowest BCUT2D eigenvalue weighted by Gasteiger charge is -2.08. The van der Waals surface area contributed by atoms with Crippen LogP contribution < -0.4 is 18.9 Å². The number of hydrogen-bond acceptors (Lipinski definition) is 8. The van der Waals surface area contributed by atoms with E-state index in [4.69, 9.17) is 18.9 Å². The smallest absolute Gasteiger partial charge is 0.128 e. The van der Waals surface area contributed by atoms with E-state index in [0.717, 1.165) is 48.6 Å². The van der Waals surface area contributed by atoms with Crippen LogP contribution in [0.15, 0.2) is 94.9 Å². The minimum absolute atomic E-state index is 0.166. The van der Waals surface area contributed by atoms with Crippen LogP contribution in [-0.4, -0.2) is 49.1 Å². The standard InChI is InChI=1S/C53H74N2O6/c1-3-5-7-9-16-22-38-60-50-30-24-44(52(56)40-50)42-54-46-26-32-48(33-27-46)58-36-20-18-14-12-11-13-15-19-21-37-59-49-34-28-47(29-35-49)55-43-45-25-31-51(41-53(45)57)61-39-23-17-10-8-6-4-2/h24-35,40-43,56-57H,3-23,36-39H2,1-2H3. The first kappa shape index (κ1) is 48.7. The summed E-state index contributed by atoms with van der Waals surface area (Å²) in [6.45, 7) is 7.24. The van der Waals surface area contributed by atoms with Gasteiger partial charge in [-0.25, -0.2) is 0 Å². The van der Waals surface area contributed by atoms with E-state index < -0.39 is 0 Å². The highest BCUT2D eigenvalue weighted by Gasteiger charge is 2.05. The van der Waals surface area contributed by atoms with E-state index in [-0.39, 0.29) is 11.5 Å². The lowest BCUT2D eigenvalue weighted by Crippen LogP contribution is -1.97. The molecule has 0 unspecified atom stereocenters. The zero-order valence-electron chi connectivity index (χ0n) is 37.3. The van der Waals surface area contributed by atoms with Gasteiger partial charge >= 0.3 is 0 Å². The van der Waals surface area contributed by atoms with Crippen LogP contribution in [0.1, 0.15) is 160 Å². The fourth-order valence-electron chi connectivity index (χ4n) is 6.96. The molecule has 0 aliphatic rings. The van der Waals surface area contributed by atoms with Gasteiger partial charge in [0.05, 0.1) is 37.8 Å². The first-order valence-corrected chi connectivity index (χ1v) is 23.5. The Morgan fingerprint density at radius 3 is 0.951 bits per heavy atom. The maximum atomic E-state index is 10.5. The summed E-state index contributed by atoms with van der Waals surface area (Å²) >= 11 is 0. The molecule has 0 fully saturated rings. The van der Waals surface area contributed by atoms with Gasteiger partial charge in [-0.15, -0.1) is 0 Å². The topological polar surface area (TPSA) is 102 Å². The summed E-state index contributed by atoms with van der Waals surface area (Å²) in [7, 11) is 0. The van der Waals surface area contributed by atoms with E-state index in [0.29, 0.717) is 49.1 Å². The summed E-state index contributed by atoms with van der Waals surface area (Å²) in [6.07, 6.45) is 28.7. The number of nitrogens with zero attached hydrogens (tertiary/aromatic N) is 2. The molecule has 332 valence electrons. The Hall–Kier alpha value is -4.98. The fourth-order valence-corrected chi connectivity index (χ4v) is 6.96. The van der Waals surface area contributed by atoms with Crippen molar-refractivity contribution in [2.24, 2.45) is 9.98 Å². The van der Waals surface area contributed by atoms with Gasteiger partial charge < -0.3 is 29.2 Å². The van der Waals surface area contributed by atoms with Crippen LogP contribution >= 0.6 is 0 Å². The number of aromatic hydroxyl groups is 2. The molecule has 61 heavy (non-hydrogen) atoms. The molecule has 0 saturated heterocycles. The maximum absolute atomic E-state index is 10.5. The normalized spacial score (nSPS) is 11.4. The van der Waals surface area contributed by atoms with Gasteiger partial charge in [-0.1, -0.05) is 123 Å². The Morgan fingerprint density at radius 1 is 0.361 bits per heavy atom. The van der Waals surface area contributed by atoms with Crippen LogP contribution in [0.3, 0.4) is 0 Å². The SMILES string of the molecule is CCCCCCCCOc1ccc(C=Nc2ccc(OCCCCCCCCCCCOc3ccc(N=Cc4ccc(OCCCCCCCC)cc4O)cc3)cc2)c(O)c1. The molecule has 2 N–H and O–H groups in total. The molecule has 4 rings (SSSR count). The summed E-state index contributed by atoms with van der Waals surface area (Å²) in [6, 6.07) is 26.3. The molecule has 0 amide bonds. The molecule has 4 aromatic carbocycles. The first-order chi connectivity index (χ1) is 30.0. The van der Waals surface area contributed by atoms with Crippen LogP contribution in [0.5, 0.6) is 34.5 Å². The van der Waals surface area contributed by atoms with E-state index in [1.807, 2.05) is 72.8 Å². The zero-order chi connectivity index (χ0) is 43.0. The van der Waals surface area contributed by atoms with Gasteiger partial charge in [-0.3, -0.25) is 9.98 Å². The minimum atomic E-state index is 0.166. The number of rotatable bonds is 34. The Kier molecular flexibility index (Phi) is 24.7. The van der Waals surface area contributed by atoms with E-state index in [2.05, 4.69) is 23.8 Å². The predicted octanol–water partition coefficient (Wildman–Crippen LogP) is 15.0. The summed E-state index contributed by atoms with van der Waals surface area (Å²) in [5.74, 6) is 3.41. The fraction of sp³-hybridized carbons (Fsp3) is 0.509. The third kappa shape index (κ3) is 21.4. The Morgan fingerprint density at radius 2 is 0.639 bits per heavy atom. The highest BCUT2D eigenvalue weighted by Crippen LogP contribution is 2.26. The van der Waals surface area contributed by atoms with E-state index >= 15 is 0 Å². The third-order valence-electron chi connectivity index (χ3n) is 10.7. The van der Waals surface area contributed by atoms with Crippen LogP contribution in [0, 0.1) is 0 Å². The van der Waals surface area contributed by atoms with Crippen molar-refractivity contribution in [3.05, 3.63) is 96.1 Å². The number of phenols is 2. The third-order valence-corrected chi connectivity index (χ3v) is 10.7. The number of phenolic OH excluding ortho intramolecular Hbond substituents is 2. The van der Waals surface area contributed by atoms with Gasteiger partial charge in [-0.05, 0) is 98.5 Å². The predicted molar refractivity (Wildman–Crippen MR) is 254 cm³/mol. The van der Waals surface area contributed by atoms with E-state index in [1.54, 1.807) is 24.6 Å². The molecule has 0 spiro atoms. The Bertz CT molecular complexity index is 1660. The first-order valence-electron chi connectivity index (χ1n) is 23.5. The van der Waals surface area contributed by atoms with Crippen molar-refractivity contribution in [1.82, 2.24) is 0 Å². The van der Waals surface area contributed by atoms with Gasteiger partial charge in [-0.2, -0.15) is 0 Å². The van der Waals surface area contributed by atoms with Gasteiger partial charge in [0.25, 0.3) is 0 Å². The summed E-state index contributed by atoms with van der Waals surface area (Å²) < 4.78 is 23.6. The van der Waals surface area contributed by atoms with Crippen molar-refractivity contribution in [3.63, 3.8) is 0 Å². The molecule has 0 aliphatic heterocycles. The molecule has 4 aromatic rings. The average Bonchev–Trinajstić information content (AvgIpc) is 3.27. The second-order valence-corrected chi connectivity index (χ2v) is 16.1. The monoisotopic (exact) mass is 835 g/mol. The summed E-state index contributed by atoms with van der Waals surface area (Å²) in [5, 5.41) is 20.9. The molecule has 0 aliphatic carbocycles. The largest absolute Gasteiger partial charge is 0.507 e. The highest BCUT2D eigenvalue weighted by atomic mass is 16.5. The molecule has 0 atom stereocenters. The quantitative estimate of drug-likeness (QED) is 0.0359. The number of hydrogen-bond donors (Lipinski definition) is 2. The molecule has 0 aromatic heterocycles. The van der Waals surface area contributed by atoms with Gasteiger partial charge in [0.1, 0.15) is 34.5 Å². The minimum Gasteiger partial charge on any atom is -0.507 e. The molecular formula is C53H74N2O6. The summed E-state index contributed by atoms with van der Waals surface area (Å²) in [4.78, 5) is 9.06. The number of ether oxygens (including phenoxy) is 4. The highest BCUT2D eigenvalue weighted by molar-refractivity contribution is 5.86. The lowest BCUT2D eigenvalue weighted by molar-refractivity contribution is 0.302. The maximum Gasteiger partial charge on any atom is 0.128 e. The van der Waals surface area contributed by atoms with Crippen molar-refractivity contribution >= 4 is 23.8 Å². The second-order valence-electron chi connectivity index (χ2n) is 16.1. The number of aliphatic imine (C=N–C) groups is 2. The Labute approximate surface area is 367 Å². The Balaban J connectivity index is 0.962. The summed E-state index contributed by atoms with van der Waals surface area (Å²) in [5.41, 5.74) is 2.93. The average molecular weight is 835 g/mol. The molecule has 0 saturated carbocycles. The number of unbranched alkanes of at least 4 members (excludes halogenated alkanes) is 18. The molecule has 8 heteroatoms. The van der Waals surface area contributed by atoms with Crippen LogP contribution in [0.2, 0.25) is 0 Å². The molecule has 0 bridgehead atoms. The van der Waals surface area contributed by atoms with Crippen LogP contribution in [-0.2, 0) is 0 Å². The second kappa shape index (κ2) is 31.0. The van der Waals surface area contributed by atoms with Crippen molar-refractivity contribution in [1.29, 1.82) is 0 Å². The van der Waals surface area contributed by atoms with Crippen molar-refractivity contribution in [3.8, 4) is 34.5 Å². The molecule has 0 heterocycles. The lowest BCUT2D eigenvalue weighted by atomic mass is 10.1. The zero-order valence-corrected chi connectivity index (χ0v) is 37.3. The van der Waals surface area contributed by atoms with Gasteiger partial charge in [0.15, 0.2) is 0 Å². The van der Waals surface area contributed by atoms with Gasteiger partial charge in [0.2, 0.25) is 0 Å². The molecule has 0 radical (unpaired) electrons. The van der Waals surface area contributed by atoms with Crippen molar-refractivity contribution in [2.45, 2.75) is 149 Å². The molecule has 8 nitrogen and oxygen atoms in total. The number of benzene rings is 4. The van der Waals surface area contributed by atoms with E-state index in [1.165, 1.54) is 109 Å². The van der Waals surface area contributed by atoms with E-state index in [9.17, 15) is 10.2 Å². The van der Waals surface area contributed by atoms with Crippen LogP contribution in [0.25, 0.3) is 0 Å².